The molecule has 3 rings (SSSR count). The van der Waals surface area contributed by atoms with Gasteiger partial charge in [-0.2, -0.15) is 0 Å². The molecule has 2 radical (unpaired) electrons. The van der Waals surface area contributed by atoms with E-state index in [1.165, 1.54) is 10.4 Å². The smallest absolute Gasteiger partial charge is 0.255 e. The molecule has 0 amide bonds. The summed E-state index contributed by atoms with van der Waals surface area (Å²) in [6.07, 6.45) is 0. The molecule has 0 spiro atoms. The Morgan fingerprint density at radius 1 is 0.700 bits per heavy atom. The van der Waals surface area contributed by atoms with E-state index >= 15 is 0 Å². The molecule has 0 bridgehead atoms. The van der Waals surface area contributed by atoms with Crippen molar-refractivity contribution >= 4 is 37.0 Å². The lowest BCUT2D eigenvalue weighted by atomic mass is 10.4. The molecule has 3 N–H and O–H groups in total. The van der Waals surface area contributed by atoms with Crippen LogP contribution in [0.5, 0.6) is 0 Å². The van der Waals surface area contributed by atoms with Gasteiger partial charge in [-0.1, -0.05) is 60.7 Å². The van der Waals surface area contributed by atoms with E-state index < -0.39 is 26.6 Å². The Kier molecular flexibility index (Phi) is 4.01. The van der Waals surface area contributed by atoms with Crippen molar-refractivity contribution < 1.29 is 0 Å². The molecule has 6 heteroatoms. The molecule has 1 fully saturated rings. The van der Waals surface area contributed by atoms with Gasteiger partial charge < -0.3 is 13.9 Å². The fraction of sp³-hybridized carbons (Fsp3) is 0.143. The third-order valence-corrected chi connectivity index (χ3v) is 14.9. The minimum atomic E-state index is -2.03. The second-order valence-corrected chi connectivity index (χ2v) is 13.3. The minimum Gasteiger partial charge on any atom is -0.337 e. The van der Waals surface area contributed by atoms with E-state index in [0.717, 1.165) is 0 Å². The molecule has 2 aromatic carbocycles. The molecule has 1 aliphatic rings. The molecule has 0 saturated carbocycles. The summed E-state index contributed by atoms with van der Waals surface area (Å²) >= 11 is 0. The van der Waals surface area contributed by atoms with Gasteiger partial charge in [0.1, 0.15) is 0 Å². The van der Waals surface area contributed by atoms with Gasteiger partial charge in [-0.25, -0.2) is 0 Å². The van der Waals surface area contributed by atoms with Crippen LogP contribution in [0.4, 0.5) is 0 Å². The van der Waals surface area contributed by atoms with Gasteiger partial charge in [0.2, 0.25) is 18.2 Å². The quantitative estimate of drug-likeness (QED) is 0.696. The van der Waals surface area contributed by atoms with Crippen molar-refractivity contribution in [3.05, 3.63) is 60.7 Å². The highest BCUT2D eigenvalue weighted by Crippen LogP contribution is 2.03. The third kappa shape index (κ3) is 2.58. The van der Waals surface area contributed by atoms with Crippen LogP contribution in [0.25, 0.3) is 0 Å². The summed E-state index contributed by atoms with van der Waals surface area (Å²) in [6.45, 7) is 4.63. The molecule has 1 heterocycles. The van der Waals surface area contributed by atoms with Crippen LogP contribution >= 0.6 is 0 Å². The van der Waals surface area contributed by atoms with Gasteiger partial charge in [-0.3, -0.25) is 0 Å². The van der Waals surface area contributed by atoms with Gasteiger partial charge in [0.15, 0.2) is 0 Å². The highest BCUT2D eigenvalue weighted by molar-refractivity contribution is 7.09. The van der Waals surface area contributed by atoms with Crippen molar-refractivity contribution in [2.45, 2.75) is 13.1 Å². The molecule has 1 saturated heterocycles. The number of rotatable bonds is 2. The molecule has 3 nitrogen and oxygen atoms in total. The maximum absolute atomic E-state index is 3.94. The van der Waals surface area contributed by atoms with Gasteiger partial charge in [0.25, 0.3) is 8.40 Å². The second kappa shape index (κ2) is 5.76. The van der Waals surface area contributed by atoms with Crippen molar-refractivity contribution in [1.82, 2.24) is 13.9 Å². The lowest BCUT2D eigenvalue weighted by Crippen LogP contribution is -2.89. The summed E-state index contributed by atoms with van der Waals surface area (Å²) in [5.41, 5.74) is 0. The van der Waals surface area contributed by atoms with E-state index in [-0.39, 0.29) is 0 Å². The summed E-state index contributed by atoms with van der Waals surface area (Å²) < 4.78 is 11.6. The Bertz CT molecular complexity index is 513. The van der Waals surface area contributed by atoms with Crippen molar-refractivity contribution in [2.75, 3.05) is 0 Å². The number of hydrogen-bond donors (Lipinski definition) is 3. The van der Waals surface area contributed by atoms with Crippen molar-refractivity contribution in [3.63, 3.8) is 0 Å². The van der Waals surface area contributed by atoms with Crippen LogP contribution in [0.2, 0.25) is 13.1 Å². The summed E-state index contributed by atoms with van der Waals surface area (Å²) in [4.78, 5) is 0. The van der Waals surface area contributed by atoms with Crippen LogP contribution < -0.4 is 24.3 Å². The predicted molar refractivity (Wildman–Crippen MR) is 90.5 cm³/mol. The highest BCUT2D eigenvalue weighted by atomic mass is 28.5. The molecule has 2 aromatic rings. The first-order valence-corrected chi connectivity index (χ1v) is 12.8. The van der Waals surface area contributed by atoms with Gasteiger partial charge in [-0.15, -0.1) is 0 Å². The molecule has 0 unspecified atom stereocenters. The fourth-order valence-electron chi connectivity index (χ4n) is 2.77. The molecule has 0 aromatic heterocycles. The zero-order valence-corrected chi connectivity index (χ0v) is 14.8. The summed E-state index contributed by atoms with van der Waals surface area (Å²) in [5, 5.41) is 2.84. The first-order valence-electron chi connectivity index (χ1n) is 6.82. The Balaban J connectivity index is 2.13. The first-order chi connectivity index (χ1) is 9.71. The van der Waals surface area contributed by atoms with Crippen LogP contribution in [0.15, 0.2) is 60.7 Å². The molecule has 0 aliphatic carbocycles. The second-order valence-electron chi connectivity index (χ2n) is 5.11. The Hall–Kier alpha value is -1.03. The standard InChI is InChI=1S/C14H19N3Si3/c1-18-15-19(2)17-20(16-18,13-9-5-3-6-10-13)14-11-7-4-8-12-14/h3-12,15-17H,1-2H3. The predicted octanol–water partition coefficient (Wildman–Crippen LogP) is 0.261. The zero-order chi connectivity index (χ0) is 14.0. The van der Waals surface area contributed by atoms with Crippen molar-refractivity contribution in [2.24, 2.45) is 0 Å². The monoisotopic (exact) mass is 313 g/mol. The van der Waals surface area contributed by atoms with E-state index in [4.69, 9.17) is 0 Å². The Morgan fingerprint density at radius 2 is 1.10 bits per heavy atom. The normalized spacial score (nSPS) is 19.9. The molecule has 0 atom stereocenters. The number of nitrogens with one attached hydrogen (secondary N) is 3. The molecular formula is C14H19N3Si3. The van der Waals surface area contributed by atoms with Crippen LogP contribution in [-0.2, 0) is 0 Å². The first kappa shape index (κ1) is 13.9. The average molecular weight is 314 g/mol. The van der Waals surface area contributed by atoms with Gasteiger partial charge in [0, 0.05) is 0 Å². The van der Waals surface area contributed by atoms with E-state index in [9.17, 15) is 0 Å². The largest absolute Gasteiger partial charge is 0.337 e. The highest BCUT2D eigenvalue weighted by Gasteiger charge is 2.44. The fourth-order valence-corrected chi connectivity index (χ4v) is 16.0. The average Bonchev–Trinajstić information content (AvgIpc) is 2.48. The van der Waals surface area contributed by atoms with E-state index in [1.54, 1.807) is 0 Å². The minimum absolute atomic E-state index is 0.697. The third-order valence-electron chi connectivity index (χ3n) is 3.54. The molecule has 102 valence electrons. The lowest BCUT2D eigenvalue weighted by molar-refractivity contribution is 1.14. The summed E-state index contributed by atoms with van der Waals surface area (Å²) in [7, 11) is -3.43. The van der Waals surface area contributed by atoms with Crippen LogP contribution in [-0.4, -0.2) is 26.6 Å². The van der Waals surface area contributed by atoms with Gasteiger partial charge in [0.05, 0.1) is 0 Å². The Labute approximate surface area is 125 Å². The topological polar surface area (TPSA) is 36.1 Å². The van der Waals surface area contributed by atoms with Gasteiger partial charge >= 0.3 is 0 Å². The maximum atomic E-state index is 3.94. The number of hydrogen-bond acceptors (Lipinski definition) is 3. The molecular weight excluding hydrogens is 294 g/mol. The maximum Gasteiger partial charge on any atom is 0.255 e. The molecule has 20 heavy (non-hydrogen) atoms. The van der Waals surface area contributed by atoms with E-state index in [1.807, 2.05) is 0 Å². The van der Waals surface area contributed by atoms with Crippen molar-refractivity contribution in [1.29, 1.82) is 0 Å². The zero-order valence-electron chi connectivity index (χ0n) is 11.8. The van der Waals surface area contributed by atoms with Crippen molar-refractivity contribution in [3.8, 4) is 0 Å². The lowest BCUT2D eigenvalue weighted by Gasteiger charge is -2.43. The SMILES string of the molecule is C[Si]1N[Si](C)N[Si](c2ccccc2)(c2ccccc2)N1. The van der Waals surface area contributed by atoms with Crippen LogP contribution in [0.1, 0.15) is 0 Å². The molecule has 1 aliphatic heterocycles. The van der Waals surface area contributed by atoms with Crippen LogP contribution in [0.3, 0.4) is 0 Å². The Morgan fingerprint density at radius 3 is 1.50 bits per heavy atom. The summed E-state index contributed by atoms with van der Waals surface area (Å²) in [5.74, 6) is 0. The van der Waals surface area contributed by atoms with Gasteiger partial charge in [-0.05, 0) is 23.5 Å². The van der Waals surface area contributed by atoms with E-state index in [2.05, 4.69) is 87.7 Å². The number of benzene rings is 2. The summed E-state index contributed by atoms with van der Waals surface area (Å²) in [6, 6.07) is 21.8. The van der Waals surface area contributed by atoms with E-state index in [0.29, 0.717) is 0 Å². The van der Waals surface area contributed by atoms with Crippen LogP contribution in [0, 0.1) is 0 Å².